The van der Waals surface area contributed by atoms with E-state index in [1.807, 2.05) is 0 Å². The predicted octanol–water partition coefficient (Wildman–Crippen LogP) is 1.21. The Kier molecular flexibility index (Phi) is 4.78. The summed E-state index contributed by atoms with van der Waals surface area (Å²) < 4.78 is 0. The molecule has 4 heteroatoms. The van der Waals surface area contributed by atoms with Crippen LogP contribution in [-0.4, -0.2) is 43.0 Å². The van der Waals surface area contributed by atoms with E-state index in [1.54, 1.807) is 13.8 Å². The van der Waals surface area contributed by atoms with Gasteiger partial charge in [-0.05, 0) is 58.2 Å². The third-order valence-electron chi connectivity index (χ3n) is 4.11. The van der Waals surface area contributed by atoms with Crippen LogP contribution >= 0.6 is 0 Å². The van der Waals surface area contributed by atoms with Gasteiger partial charge in [-0.2, -0.15) is 0 Å². The van der Waals surface area contributed by atoms with Crippen molar-refractivity contribution in [2.24, 2.45) is 17.1 Å². The first kappa shape index (κ1) is 15.4. The molecule has 1 aliphatic rings. The van der Waals surface area contributed by atoms with Gasteiger partial charge in [-0.25, -0.2) is 0 Å². The molecule has 1 amide bonds. The van der Waals surface area contributed by atoms with Crippen LogP contribution in [0.5, 0.6) is 0 Å². The van der Waals surface area contributed by atoms with E-state index in [-0.39, 0.29) is 11.3 Å². The summed E-state index contributed by atoms with van der Waals surface area (Å²) in [6, 6.07) is 0. The van der Waals surface area contributed by atoms with Crippen molar-refractivity contribution in [3.05, 3.63) is 0 Å². The minimum Gasteiger partial charge on any atom is -0.354 e. The quantitative estimate of drug-likeness (QED) is 0.794. The molecule has 0 aromatic heterocycles. The first-order valence-electron chi connectivity index (χ1n) is 6.88. The molecule has 0 aromatic rings. The van der Waals surface area contributed by atoms with Crippen LogP contribution in [0.15, 0.2) is 0 Å². The Balaban J connectivity index is 2.47. The Morgan fingerprint density at radius 2 is 1.78 bits per heavy atom. The Morgan fingerprint density at radius 1 is 1.28 bits per heavy atom. The van der Waals surface area contributed by atoms with Crippen molar-refractivity contribution in [2.45, 2.75) is 46.1 Å². The zero-order valence-corrected chi connectivity index (χ0v) is 12.5. The van der Waals surface area contributed by atoms with Gasteiger partial charge in [0.25, 0.3) is 0 Å². The summed E-state index contributed by atoms with van der Waals surface area (Å²) in [6.45, 7) is 11.0. The predicted molar refractivity (Wildman–Crippen MR) is 75.3 cm³/mol. The molecule has 0 radical (unpaired) electrons. The monoisotopic (exact) mass is 255 g/mol. The minimum absolute atomic E-state index is 0.0662. The van der Waals surface area contributed by atoms with E-state index in [0.29, 0.717) is 12.5 Å². The lowest BCUT2D eigenvalue weighted by molar-refractivity contribution is -0.125. The molecule has 3 N–H and O–H groups in total. The molecular formula is C14H29N3O. The highest BCUT2D eigenvalue weighted by Gasteiger charge is 2.33. The molecule has 0 unspecified atom stereocenters. The van der Waals surface area contributed by atoms with Crippen LogP contribution in [0, 0.1) is 11.3 Å². The van der Waals surface area contributed by atoms with E-state index in [1.165, 1.54) is 12.8 Å². The number of carbonyl (C=O) groups excluding carboxylic acids is 1. The van der Waals surface area contributed by atoms with Crippen LogP contribution in [0.4, 0.5) is 0 Å². The second kappa shape index (κ2) is 5.57. The van der Waals surface area contributed by atoms with Crippen molar-refractivity contribution in [3.63, 3.8) is 0 Å². The first-order valence-corrected chi connectivity index (χ1v) is 6.88. The molecule has 0 saturated carbocycles. The van der Waals surface area contributed by atoms with E-state index in [4.69, 9.17) is 5.73 Å². The molecule has 1 saturated heterocycles. The van der Waals surface area contributed by atoms with Gasteiger partial charge < -0.3 is 16.0 Å². The highest BCUT2D eigenvalue weighted by atomic mass is 16.2. The fourth-order valence-electron chi connectivity index (χ4n) is 2.47. The lowest BCUT2D eigenvalue weighted by atomic mass is 9.73. The van der Waals surface area contributed by atoms with Gasteiger partial charge in [-0.15, -0.1) is 0 Å². The van der Waals surface area contributed by atoms with E-state index in [9.17, 15) is 4.79 Å². The average Bonchev–Trinajstić information content (AvgIpc) is 2.25. The molecule has 0 atom stereocenters. The zero-order valence-electron chi connectivity index (χ0n) is 12.5. The molecule has 0 aromatic carbocycles. The van der Waals surface area contributed by atoms with Crippen molar-refractivity contribution < 1.29 is 4.79 Å². The molecule has 1 rings (SSSR count). The van der Waals surface area contributed by atoms with Gasteiger partial charge in [0.05, 0.1) is 5.54 Å². The van der Waals surface area contributed by atoms with Gasteiger partial charge in [0.2, 0.25) is 5.91 Å². The molecule has 0 bridgehead atoms. The number of rotatable bonds is 4. The van der Waals surface area contributed by atoms with Crippen molar-refractivity contribution in [1.82, 2.24) is 10.2 Å². The van der Waals surface area contributed by atoms with E-state index >= 15 is 0 Å². The van der Waals surface area contributed by atoms with Crippen molar-refractivity contribution in [2.75, 3.05) is 26.7 Å². The summed E-state index contributed by atoms with van der Waals surface area (Å²) in [4.78, 5) is 14.2. The first-order chi connectivity index (χ1) is 8.13. The van der Waals surface area contributed by atoms with E-state index < -0.39 is 5.54 Å². The van der Waals surface area contributed by atoms with Crippen LogP contribution in [-0.2, 0) is 4.79 Å². The lowest BCUT2D eigenvalue weighted by Gasteiger charge is -2.40. The molecule has 18 heavy (non-hydrogen) atoms. The van der Waals surface area contributed by atoms with Crippen molar-refractivity contribution >= 4 is 5.91 Å². The average molecular weight is 255 g/mol. The standard InChI is InChI=1S/C14H29N3O/c1-13(2,10-16-12(18)14(3,4)15)11-6-8-17(5)9-7-11/h11H,6-10,15H2,1-5H3,(H,16,18). The summed E-state index contributed by atoms with van der Waals surface area (Å²) in [5, 5.41) is 2.99. The maximum absolute atomic E-state index is 11.8. The highest BCUT2D eigenvalue weighted by Crippen LogP contribution is 2.34. The number of nitrogens with two attached hydrogens (primary N) is 1. The Bertz CT molecular complexity index is 286. The fourth-order valence-corrected chi connectivity index (χ4v) is 2.47. The number of nitrogens with one attached hydrogen (secondary N) is 1. The van der Waals surface area contributed by atoms with Gasteiger partial charge in [-0.1, -0.05) is 13.8 Å². The maximum atomic E-state index is 11.8. The molecule has 1 aliphatic heterocycles. The molecule has 106 valence electrons. The van der Waals surface area contributed by atoms with Gasteiger partial charge in [0.1, 0.15) is 0 Å². The number of hydrogen-bond donors (Lipinski definition) is 2. The second-order valence-electron chi connectivity index (χ2n) is 6.97. The Hall–Kier alpha value is -0.610. The third kappa shape index (κ3) is 4.25. The van der Waals surface area contributed by atoms with Crippen molar-refractivity contribution in [1.29, 1.82) is 0 Å². The van der Waals surface area contributed by atoms with Crippen LogP contribution < -0.4 is 11.1 Å². The molecule has 1 heterocycles. The fraction of sp³-hybridized carbons (Fsp3) is 0.929. The number of carbonyl (C=O) groups is 1. The number of likely N-dealkylation sites (tertiary alicyclic amines) is 1. The lowest BCUT2D eigenvalue weighted by Crippen LogP contribution is -2.52. The molecular weight excluding hydrogens is 226 g/mol. The zero-order chi connectivity index (χ0) is 14.0. The number of piperidine rings is 1. The molecule has 0 spiro atoms. The summed E-state index contributed by atoms with van der Waals surface area (Å²) in [6.07, 6.45) is 2.43. The number of amides is 1. The SMILES string of the molecule is CN1CCC(C(C)(C)CNC(=O)C(C)(C)N)CC1. The van der Waals surface area contributed by atoms with Crippen molar-refractivity contribution in [3.8, 4) is 0 Å². The molecule has 1 fully saturated rings. The molecule has 4 nitrogen and oxygen atoms in total. The molecule has 0 aliphatic carbocycles. The van der Waals surface area contributed by atoms with Gasteiger partial charge in [-0.3, -0.25) is 4.79 Å². The van der Waals surface area contributed by atoms with Crippen LogP contribution in [0.3, 0.4) is 0 Å². The number of nitrogens with zero attached hydrogens (tertiary/aromatic N) is 1. The van der Waals surface area contributed by atoms with Gasteiger partial charge in [0, 0.05) is 6.54 Å². The van der Waals surface area contributed by atoms with Crippen LogP contribution in [0.2, 0.25) is 0 Å². The summed E-state index contributed by atoms with van der Waals surface area (Å²) in [5.41, 5.74) is 5.14. The smallest absolute Gasteiger partial charge is 0.239 e. The largest absolute Gasteiger partial charge is 0.354 e. The Morgan fingerprint density at radius 3 is 2.22 bits per heavy atom. The number of hydrogen-bond acceptors (Lipinski definition) is 3. The third-order valence-corrected chi connectivity index (χ3v) is 4.11. The summed E-state index contributed by atoms with van der Waals surface area (Å²) in [5.74, 6) is 0.610. The van der Waals surface area contributed by atoms with Crippen LogP contribution in [0.1, 0.15) is 40.5 Å². The van der Waals surface area contributed by atoms with Gasteiger partial charge in [0.15, 0.2) is 0 Å². The van der Waals surface area contributed by atoms with Crippen LogP contribution in [0.25, 0.3) is 0 Å². The summed E-state index contributed by atoms with van der Waals surface area (Å²) >= 11 is 0. The normalized spacial score (nSPS) is 19.9. The topological polar surface area (TPSA) is 58.4 Å². The van der Waals surface area contributed by atoms with E-state index in [2.05, 4.69) is 31.1 Å². The second-order valence-corrected chi connectivity index (χ2v) is 6.97. The maximum Gasteiger partial charge on any atom is 0.239 e. The van der Waals surface area contributed by atoms with E-state index in [0.717, 1.165) is 13.1 Å². The highest BCUT2D eigenvalue weighted by molar-refractivity contribution is 5.85. The summed E-state index contributed by atoms with van der Waals surface area (Å²) in [7, 11) is 2.17. The Labute approximate surface area is 111 Å². The minimum atomic E-state index is -0.789. The van der Waals surface area contributed by atoms with Gasteiger partial charge >= 0.3 is 0 Å².